The highest BCUT2D eigenvalue weighted by Gasteiger charge is 2.23. The number of anilines is 1. The van der Waals surface area contributed by atoms with Crippen molar-refractivity contribution < 1.29 is 14.2 Å². The fraction of sp³-hybridized carbons (Fsp3) is 0.571. The lowest BCUT2D eigenvalue weighted by atomic mass is 9.94. The Morgan fingerprint density at radius 1 is 1.50 bits per heavy atom. The van der Waals surface area contributed by atoms with Crippen molar-refractivity contribution in [3.63, 3.8) is 0 Å². The summed E-state index contributed by atoms with van der Waals surface area (Å²) in [6, 6.07) is 4.75. The van der Waals surface area contributed by atoms with Crippen LogP contribution in [0.2, 0.25) is 0 Å². The number of nitrogens with one attached hydrogen (secondary N) is 1. The Labute approximate surface area is 107 Å². The molecule has 0 radical (unpaired) electrons. The average molecular weight is 253 g/mol. The molecular formula is C14H20FNO2. The minimum absolute atomic E-state index is 0.0313. The zero-order valence-electron chi connectivity index (χ0n) is 10.7. The van der Waals surface area contributed by atoms with Gasteiger partial charge in [-0.25, -0.2) is 4.39 Å². The number of hydrogen-bond donors (Lipinski definition) is 2. The van der Waals surface area contributed by atoms with Crippen molar-refractivity contribution in [2.24, 2.45) is 5.92 Å². The van der Waals surface area contributed by atoms with Crippen LogP contribution in [-0.2, 0) is 4.74 Å². The molecule has 0 spiro atoms. The fourth-order valence-electron chi connectivity index (χ4n) is 2.43. The first-order valence-corrected chi connectivity index (χ1v) is 6.41. The summed E-state index contributed by atoms with van der Waals surface area (Å²) in [5.41, 5.74) is 1.59. The van der Waals surface area contributed by atoms with Gasteiger partial charge in [-0.3, -0.25) is 0 Å². The Balaban J connectivity index is 2.04. The summed E-state index contributed by atoms with van der Waals surface area (Å²) in [5, 5.41) is 12.7. The summed E-state index contributed by atoms with van der Waals surface area (Å²) in [4.78, 5) is 0. The van der Waals surface area contributed by atoms with Gasteiger partial charge in [-0.05, 0) is 43.5 Å². The van der Waals surface area contributed by atoms with E-state index in [0.717, 1.165) is 30.7 Å². The first-order chi connectivity index (χ1) is 8.69. The highest BCUT2D eigenvalue weighted by atomic mass is 19.1. The van der Waals surface area contributed by atoms with Crippen molar-refractivity contribution in [2.75, 3.05) is 25.1 Å². The molecule has 0 amide bonds. The molecule has 2 unspecified atom stereocenters. The molecular weight excluding hydrogens is 233 g/mol. The van der Waals surface area contributed by atoms with E-state index in [4.69, 9.17) is 4.74 Å². The molecule has 100 valence electrons. The van der Waals surface area contributed by atoms with Gasteiger partial charge >= 0.3 is 0 Å². The molecule has 0 aliphatic carbocycles. The SMILES string of the molecule is Cc1cc(F)cc(NC(CO)C2CCCOC2)c1. The van der Waals surface area contributed by atoms with Crippen LogP contribution in [0.15, 0.2) is 18.2 Å². The summed E-state index contributed by atoms with van der Waals surface area (Å²) >= 11 is 0. The number of ether oxygens (including phenoxy) is 1. The van der Waals surface area contributed by atoms with Gasteiger partial charge in [-0.15, -0.1) is 0 Å². The summed E-state index contributed by atoms with van der Waals surface area (Å²) in [7, 11) is 0. The summed E-state index contributed by atoms with van der Waals surface area (Å²) in [6.45, 7) is 3.34. The second-order valence-corrected chi connectivity index (χ2v) is 4.93. The summed E-state index contributed by atoms with van der Waals surface area (Å²) in [6.07, 6.45) is 2.05. The standard InChI is InChI=1S/C14H20FNO2/c1-10-5-12(15)7-13(6-10)16-14(8-17)11-3-2-4-18-9-11/h5-7,11,14,16-17H,2-4,8-9H2,1H3. The van der Waals surface area contributed by atoms with Gasteiger partial charge in [-0.1, -0.05) is 0 Å². The van der Waals surface area contributed by atoms with Gasteiger partial charge in [0.25, 0.3) is 0 Å². The molecule has 18 heavy (non-hydrogen) atoms. The predicted molar refractivity (Wildman–Crippen MR) is 69.2 cm³/mol. The van der Waals surface area contributed by atoms with E-state index in [1.54, 1.807) is 0 Å². The first kappa shape index (κ1) is 13.3. The molecule has 1 aliphatic rings. The molecule has 1 aliphatic heterocycles. The quantitative estimate of drug-likeness (QED) is 0.865. The van der Waals surface area contributed by atoms with Gasteiger partial charge in [0.15, 0.2) is 0 Å². The molecule has 0 saturated carbocycles. The summed E-state index contributed by atoms with van der Waals surface area (Å²) in [5.74, 6) is 0.0291. The average Bonchev–Trinajstić information content (AvgIpc) is 2.36. The third kappa shape index (κ3) is 3.43. The van der Waals surface area contributed by atoms with E-state index in [2.05, 4.69) is 5.32 Å². The van der Waals surface area contributed by atoms with Gasteiger partial charge < -0.3 is 15.2 Å². The lowest BCUT2D eigenvalue weighted by Crippen LogP contribution is -2.37. The first-order valence-electron chi connectivity index (χ1n) is 6.41. The Kier molecular flexibility index (Phi) is 4.55. The molecule has 1 aromatic rings. The third-order valence-corrected chi connectivity index (χ3v) is 3.36. The van der Waals surface area contributed by atoms with Crippen LogP contribution in [0, 0.1) is 18.7 Å². The van der Waals surface area contributed by atoms with Gasteiger partial charge in [0, 0.05) is 18.2 Å². The third-order valence-electron chi connectivity index (χ3n) is 3.36. The van der Waals surface area contributed by atoms with Crippen molar-refractivity contribution in [2.45, 2.75) is 25.8 Å². The van der Waals surface area contributed by atoms with E-state index >= 15 is 0 Å². The van der Waals surface area contributed by atoms with E-state index in [0.29, 0.717) is 6.61 Å². The fourth-order valence-corrected chi connectivity index (χ4v) is 2.43. The Morgan fingerprint density at radius 2 is 2.33 bits per heavy atom. The lowest BCUT2D eigenvalue weighted by Gasteiger charge is -2.30. The van der Waals surface area contributed by atoms with E-state index < -0.39 is 0 Å². The van der Waals surface area contributed by atoms with Gasteiger partial charge in [0.2, 0.25) is 0 Å². The molecule has 1 saturated heterocycles. The highest BCUT2D eigenvalue weighted by Crippen LogP contribution is 2.22. The number of rotatable bonds is 4. The topological polar surface area (TPSA) is 41.5 Å². The zero-order chi connectivity index (χ0) is 13.0. The van der Waals surface area contributed by atoms with Crippen molar-refractivity contribution in [1.82, 2.24) is 0 Å². The number of aliphatic hydroxyl groups is 1. The molecule has 1 fully saturated rings. The molecule has 2 N–H and O–H groups in total. The van der Waals surface area contributed by atoms with Crippen LogP contribution in [0.3, 0.4) is 0 Å². The van der Waals surface area contributed by atoms with Gasteiger partial charge in [-0.2, -0.15) is 0 Å². The second-order valence-electron chi connectivity index (χ2n) is 4.93. The van der Waals surface area contributed by atoms with Crippen LogP contribution in [0.4, 0.5) is 10.1 Å². The smallest absolute Gasteiger partial charge is 0.125 e. The molecule has 1 heterocycles. The largest absolute Gasteiger partial charge is 0.394 e. The molecule has 4 heteroatoms. The van der Waals surface area contributed by atoms with Crippen LogP contribution in [0.5, 0.6) is 0 Å². The maximum Gasteiger partial charge on any atom is 0.125 e. The molecule has 0 aromatic heterocycles. The van der Waals surface area contributed by atoms with Crippen LogP contribution < -0.4 is 5.32 Å². The normalized spacial score (nSPS) is 21.6. The van der Waals surface area contributed by atoms with E-state index in [1.807, 2.05) is 13.0 Å². The van der Waals surface area contributed by atoms with Crippen molar-refractivity contribution >= 4 is 5.69 Å². The minimum atomic E-state index is -0.255. The number of aryl methyl sites for hydroxylation is 1. The van der Waals surface area contributed by atoms with Crippen LogP contribution in [-0.4, -0.2) is 31.0 Å². The molecule has 0 bridgehead atoms. The van der Waals surface area contributed by atoms with Gasteiger partial charge in [0.05, 0.1) is 19.3 Å². The summed E-state index contributed by atoms with van der Waals surface area (Å²) < 4.78 is 18.7. The molecule has 1 aromatic carbocycles. The predicted octanol–water partition coefficient (Wildman–Crippen LogP) is 2.33. The number of benzene rings is 1. The second kappa shape index (κ2) is 6.16. The monoisotopic (exact) mass is 253 g/mol. The Bertz CT molecular complexity index is 371. The maximum absolute atomic E-state index is 13.3. The van der Waals surface area contributed by atoms with Crippen molar-refractivity contribution in [3.8, 4) is 0 Å². The Morgan fingerprint density at radius 3 is 2.94 bits per heavy atom. The number of halogens is 1. The van der Waals surface area contributed by atoms with Crippen molar-refractivity contribution in [3.05, 3.63) is 29.6 Å². The van der Waals surface area contributed by atoms with E-state index in [9.17, 15) is 9.50 Å². The van der Waals surface area contributed by atoms with Crippen LogP contribution >= 0.6 is 0 Å². The molecule has 2 atom stereocenters. The number of aliphatic hydroxyl groups excluding tert-OH is 1. The Hall–Kier alpha value is -1.13. The van der Waals surface area contributed by atoms with Crippen LogP contribution in [0.1, 0.15) is 18.4 Å². The zero-order valence-corrected chi connectivity index (χ0v) is 10.7. The van der Waals surface area contributed by atoms with E-state index in [-0.39, 0.29) is 24.4 Å². The maximum atomic E-state index is 13.3. The van der Waals surface area contributed by atoms with Crippen LogP contribution in [0.25, 0.3) is 0 Å². The van der Waals surface area contributed by atoms with E-state index in [1.165, 1.54) is 12.1 Å². The number of hydrogen-bond acceptors (Lipinski definition) is 3. The molecule has 2 rings (SSSR count). The van der Waals surface area contributed by atoms with Crippen molar-refractivity contribution in [1.29, 1.82) is 0 Å². The molecule has 3 nitrogen and oxygen atoms in total. The lowest BCUT2D eigenvalue weighted by molar-refractivity contribution is 0.0392. The minimum Gasteiger partial charge on any atom is -0.394 e. The van der Waals surface area contributed by atoms with Gasteiger partial charge in [0.1, 0.15) is 5.82 Å². The highest BCUT2D eigenvalue weighted by molar-refractivity contribution is 5.47.